The van der Waals surface area contributed by atoms with Crippen LogP contribution in [0.4, 0.5) is 5.13 Å². The van der Waals surface area contributed by atoms with Gasteiger partial charge in [0.25, 0.3) is 0 Å². The number of nitrogens with zero attached hydrogens (tertiary/aromatic N) is 3. The molecule has 5 nitrogen and oxygen atoms in total. The summed E-state index contributed by atoms with van der Waals surface area (Å²) in [5, 5.41) is 1.07. The van der Waals surface area contributed by atoms with Crippen molar-refractivity contribution < 1.29 is 9.53 Å². The maximum atomic E-state index is 11.5. The number of rotatable bonds is 3. The number of esters is 1. The van der Waals surface area contributed by atoms with Gasteiger partial charge < -0.3 is 9.64 Å². The fourth-order valence-electron chi connectivity index (χ4n) is 2.36. The summed E-state index contributed by atoms with van der Waals surface area (Å²) in [5.41, 5.74) is 0. The molecule has 1 aliphatic carbocycles. The Hall–Kier alpha value is -0.850. The second kappa shape index (κ2) is 5.26. The number of anilines is 1. The van der Waals surface area contributed by atoms with Gasteiger partial charge >= 0.3 is 5.97 Å². The van der Waals surface area contributed by atoms with Crippen molar-refractivity contribution in [3.63, 3.8) is 0 Å². The van der Waals surface area contributed by atoms with Crippen molar-refractivity contribution in [1.82, 2.24) is 9.88 Å². The van der Waals surface area contributed by atoms with Gasteiger partial charge in [-0.05, 0) is 12.8 Å². The van der Waals surface area contributed by atoms with E-state index in [2.05, 4.69) is 14.8 Å². The van der Waals surface area contributed by atoms with E-state index in [1.54, 1.807) is 0 Å². The van der Waals surface area contributed by atoms with Crippen LogP contribution in [0, 0.1) is 0 Å². The molecule has 0 unspecified atom stereocenters. The third-order valence-corrected chi connectivity index (χ3v) is 5.08. The molecule has 7 heteroatoms. The van der Waals surface area contributed by atoms with Crippen LogP contribution in [0.3, 0.4) is 0 Å². The highest BCUT2D eigenvalue weighted by atomic mass is 35.5. The predicted molar refractivity (Wildman–Crippen MR) is 75.3 cm³/mol. The van der Waals surface area contributed by atoms with E-state index in [9.17, 15) is 4.79 Å². The summed E-state index contributed by atoms with van der Waals surface area (Å²) in [6, 6.07) is 0.813. The highest BCUT2D eigenvalue weighted by Gasteiger charge is 2.32. The van der Waals surface area contributed by atoms with Gasteiger partial charge in [-0.25, -0.2) is 9.78 Å². The molecule has 19 heavy (non-hydrogen) atoms. The van der Waals surface area contributed by atoms with Crippen LogP contribution in [-0.4, -0.2) is 55.2 Å². The van der Waals surface area contributed by atoms with E-state index >= 15 is 0 Å². The zero-order valence-electron chi connectivity index (χ0n) is 10.8. The summed E-state index contributed by atoms with van der Waals surface area (Å²) in [7, 11) is 1.35. The number of carbonyl (C=O) groups excluding carboxylic acids is 1. The first-order valence-electron chi connectivity index (χ1n) is 6.42. The zero-order chi connectivity index (χ0) is 13.4. The standard InChI is InChI=1S/C12H16ClN3O2S/c1-18-11(17)9-10(13)14-12(19-9)16-6-4-15(5-7-16)8-2-3-8/h8H,2-7H2,1H3. The zero-order valence-corrected chi connectivity index (χ0v) is 12.3. The molecule has 1 saturated heterocycles. The smallest absolute Gasteiger partial charge is 0.351 e. The molecule has 0 bridgehead atoms. The van der Waals surface area contributed by atoms with Crippen molar-refractivity contribution in [2.75, 3.05) is 38.2 Å². The second-order valence-corrected chi connectivity index (χ2v) is 6.20. The van der Waals surface area contributed by atoms with E-state index in [-0.39, 0.29) is 5.15 Å². The average molecular weight is 302 g/mol. The summed E-state index contributed by atoms with van der Waals surface area (Å²) in [5.74, 6) is -0.412. The van der Waals surface area contributed by atoms with E-state index in [0.29, 0.717) is 4.88 Å². The van der Waals surface area contributed by atoms with E-state index in [4.69, 9.17) is 16.3 Å². The molecule has 0 radical (unpaired) electrons. The Morgan fingerprint density at radius 2 is 2.05 bits per heavy atom. The Labute approximate surface area is 121 Å². The minimum Gasteiger partial charge on any atom is -0.465 e. The maximum Gasteiger partial charge on any atom is 0.351 e. The number of aromatic nitrogens is 1. The molecule has 1 saturated carbocycles. The predicted octanol–water partition coefficient (Wildman–Crippen LogP) is 1.87. The molecule has 0 aromatic carbocycles. The van der Waals surface area contributed by atoms with Crippen molar-refractivity contribution in [1.29, 1.82) is 0 Å². The largest absolute Gasteiger partial charge is 0.465 e. The Kier molecular flexibility index (Phi) is 3.64. The summed E-state index contributed by atoms with van der Waals surface area (Å²) >= 11 is 7.30. The molecule has 2 fully saturated rings. The van der Waals surface area contributed by atoms with Crippen molar-refractivity contribution in [3.05, 3.63) is 10.0 Å². The van der Waals surface area contributed by atoms with Gasteiger partial charge in [0, 0.05) is 32.2 Å². The van der Waals surface area contributed by atoms with Crippen molar-refractivity contribution >= 4 is 34.0 Å². The van der Waals surface area contributed by atoms with Gasteiger partial charge in [-0.3, -0.25) is 4.90 Å². The lowest BCUT2D eigenvalue weighted by atomic mass is 10.3. The molecule has 2 heterocycles. The molecule has 2 aliphatic rings. The normalized spacial score (nSPS) is 20.6. The van der Waals surface area contributed by atoms with Crippen LogP contribution in [0.1, 0.15) is 22.5 Å². The van der Waals surface area contributed by atoms with Crippen LogP contribution in [0.25, 0.3) is 0 Å². The summed E-state index contributed by atoms with van der Waals surface area (Å²) < 4.78 is 4.69. The van der Waals surface area contributed by atoms with Gasteiger partial charge in [-0.2, -0.15) is 0 Å². The fraction of sp³-hybridized carbons (Fsp3) is 0.667. The molecule has 3 rings (SSSR count). The summed E-state index contributed by atoms with van der Waals surface area (Å²) in [6.45, 7) is 4.02. The van der Waals surface area contributed by atoms with E-state index in [0.717, 1.165) is 37.4 Å². The molecule has 0 N–H and O–H groups in total. The van der Waals surface area contributed by atoms with Crippen LogP contribution in [0.5, 0.6) is 0 Å². The van der Waals surface area contributed by atoms with E-state index in [1.807, 2.05) is 0 Å². The molecule has 1 aromatic heterocycles. The minimum absolute atomic E-state index is 0.247. The fourth-order valence-corrected chi connectivity index (χ4v) is 3.61. The first-order chi connectivity index (χ1) is 9.19. The first kappa shape index (κ1) is 13.1. The highest BCUT2D eigenvalue weighted by molar-refractivity contribution is 7.18. The number of hydrogen-bond donors (Lipinski definition) is 0. The second-order valence-electron chi connectivity index (χ2n) is 4.86. The third kappa shape index (κ3) is 2.70. The van der Waals surface area contributed by atoms with Crippen LogP contribution >= 0.6 is 22.9 Å². The van der Waals surface area contributed by atoms with Crippen LogP contribution in [0.15, 0.2) is 0 Å². The molecular weight excluding hydrogens is 286 g/mol. The lowest BCUT2D eigenvalue weighted by Crippen LogP contribution is -2.47. The van der Waals surface area contributed by atoms with Gasteiger partial charge in [0.1, 0.15) is 0 Å². The first-order valence-corrected chi connectivity index (χ1v) is 7.62. The lowest BCUT2D eigenvalue weighted by molar-refractivity contribution is 0.0606. The number of hydrogen-bond acceptors (Lipinski definition) is 6. The number of halogens is 1. The van der Waals surface area contributed by atoms with Crippen molar-refractivity contribution in [2.24, 2.45) is 0 Å². The molecule has 1 aliphatic heterocycles. The monoisotopic (exact) mass is 301 g/mol. The van der Waals surface area contributed by atoms with E-state index < -0.39 is 5.97 Å². The number of carbonyl (C=O) groups is 1. The van der Waals surface area contributed by atoms with E-state index in [1.165, 1.54) is 31.3 Å². The molecule has 0 spiro atoms. The topological polar surface area (TPSA) is 45.7 Å². The average Bonchev–Trinajstić information content (AvgIpc) is 3.21. The Morgan fingerprint density at radius 3 is 2.63 bits per heavy atom. The Bertz CT molecular complexity index is 481. The molecule has 104 valence electrons. The van der Waals surface area contributed by atoms with Crippen molar-refractivity contribution in [3.8, 4) is 0 Å². The number of piperazine rings is 1. The van der Waals surface area contributed by atoms with Crippen LogP contribution in [0.2, 0.25) is 5.15 Å². The highest BCUT2D eigenvalue weighted by Crippen LogP contribution is 2.32. The Morgan fingerprint density at radius 1 is 1.37 bits per heavy atom. The molecule has 1 aromatic rings. The number of methoxy groups -OCH3 is 1. The quantitative estimate of drug-likeness (QED) is 0.798. The number of thiazole rings is 1. The van der Waals surface area contributed by atoms with Gasteiger partial charge in [-0.15, -0.1) is 0 Å². The Balaban J connectivity index is 1.67. The maximum absolute atomic E-state index is 11.5. The molecule has 0 amide bonds. The third-order valence-electron chi connectivity index (χ3n) is 3.59. The van der Waals surface area contributed by atoms with Gasteiger partial charge in [0.2, 0.25) is 0 Å². The molecular formula is C12H16ClN3O2S. The summed E-state index contributed by atoms with van der Waals surface area (Å²) in [6.07, 6.45) is 2.69. The molecule has 0 atom stereocenters. The van der Waals surface area contributed by atoms with Crippen LogP contribution < -0.4 is 4.90 Å². The number of ether oxygens (including phenoxy) is 1. The summed E-state index contributed by atoms with van der Waals surface area (Å²) in [4.78, 5) is 20.9. The minimum atomic E-state index is -0.412. The van der Waals surface area contributed by atoms with Crippen molar-refractivity contribution in [2.45, 2.75) is 18.9 Å². The van der Waals surface area contributed by atoms with Gasteiger partial charge in [-0.1, -0.05) is 22.9 Å². The van der Waals surface area contributed by atoms with Crippen LogP contribution in [-0.2, 0) is 4.74 Å². The van der Waals surface area contributed by atoms with Gasteiger partial charge in [0.05, 0.1) is 7.11 Å². The SMILES string of the molecule is COC(=O)c1sc(N2CCN(C3CC3)CC2)nc1Cl. The lowest BCUT2D eigenvalue weighted by Gasteiger charge is -2.34. The van der Waals surface area contributed by atoms with Gasteiger partial charge in [0.15, 0.2) is 15.2 Å².